The Bertz CT molecular complexity index is 535. The first kappa shape index (κ1) is 14.4. The highest BCUT2D eigenvalue weighted by Crippen LogP contribution is 2.32. The van der Waals surface area contributed by atoms with E-state index in [1.54, 1.807) is 6.07 Å². The summed E-state index contributed by atoms with van der Waals surface area (Å²) in [6, 6.07) is 14.9. The summed E-state index contributed by atoms with van der Waals surface area (Å²) in [5, 5.41) is 0. The Kier molecular flexibility index (Phi) is 4.66. The van der Waals surface area contributed by atoms with Crippen LogP contribution in [0, 0.1) is 0 Å². The topological polar surface area (TPSA) is 9.23 Å². The smallest absolute Gasteiger partial charge is 0.416 e. The minimum Gasteiger partial charge on any atom is -0.494 e. The molecule has 0 atom stereocenters. The number of alkyl halides is 3. The van der Waals surface area contributed by atoms with E-state index in [0.717, 1.165) is 11.8 Å². The zero-order chi connectivity index (χ0) is 14.4. The third kappa shape index (κ3) is 4.02. The van der Waals surface area contributed by atoms with E-state index in [9.17, 15) is 13.2 Å². The van der Waals surface area contributed by atoms with Crippen LogP contribution < -0.4 is 4.74 Å². The van der Waals surface area contributed by atoms with Gasteiger partial charge in [-0.1, -0.05) is 36.4 Å². The van der Waals surface area contributed by atoms with E-state index in [0.29, 0.717) is 25.0 Å². The molecule has 2 aromatic carbocycles. The van der Waals surface area contributed by atoms with Crippen LogP contribution in [-0.2, 0) is 12.6 Å². The van der Waals surface area contributed by atoms with Crippen molar-refractivity contribution in [2.45, 2.75) is 19.0 Å². The van der Waals surface area contributed by atoms with Crippen LogP contribution in [0.1, 0.15) is 17.5 Å². The van der Waals surface area contributed by atoms with Gasteiger partial charge in [-0.05, 0) is 36.6 Å². The maximum Gasteiger partial charge on any atom is 0.416 e. The fraction of sp³-hybridized carbons (Fsp3) is 0.250. The van der Waals surface area contributed by atoms with E-state index < -0.39 is 11.7 Å². The number of hydrogen-bond donors (Lipinski definition) is 0. The monoisotopic (exact) mass is 280 g/mol. The van der Waals surface area contributed by atoms with E-state index in [4.69, 9.17) is 4.74 Å². The molecule has 2 aromatic rings. The van der Waals surface area contributed by atoms with Gasteiger partial charge in [-0.3, -0.25) is 0 Å². The molecule has 0 aromatic heterocycles. The number of benzene rings is 2. The third-order valence-corrected chi connectivity index (χ3v) is 2.93. The zero-order valence-corrected chi connectivity index (χ0v) is 10.9. The van der Waals surface area contributed by atoms with Gasteiger partial charge in [0, 0.05) is 0 Å². The van der Waals surface area contributed by atoms with Crippen molar-refractivity contribution in [1.29, 1.82) is 0 Å². The number of hydrogen-bond acceptors (Lipinski definition) is 1. The highest BCUT2D eigenvalue weighted by Gasteiger charge is 2.32. The second kappa shape index (κ2) is 6.46. The van der Waals surface area contributed by atoms with E-state index in [-0.39, 0.29) is 0 Å². The van der Waals surface area contributed by atoms with Crippen molar-refractivity contribution in [3.05, 3.63) is 65.7 Å². The molecule has 0 saturated carbocycles. The van der Waals surface area contributed by atoms with E-state index in [2.05, 4.69) is 0 Å². The summed E-state index contributed by atoms with van der Waals surface area (Å²) < 4.78 is 43.8. The molecular weight excluding hydrogens is 265 g/mol. The first-order chi connectivity index (χ1) is 9.57. The normalized spacial score (nSPS) is 11.3. The summed E-state index contributed by atoms with van der Waals surface area (Å²) in [5.41, 5.74) is -0.239. The van der Waals surface area contributed by atoms with Crippen LogP contribution in [0.2, 0.25) is 0 Å². The Hall–Kier alpha value is -1.97. The molecule has 0 fully saturated rings. The Morgan fingerprint density at radius 2 is 1.50 bits per heavy atom. The van der Waals surface area contributed by atoms with Crippen molar-refractivity contribution >= 4 is 0 Å². The molecule has 0 bridgehead atoms. The second-order valence-corrected chi connectivity index (χ2v) is 4.42. The van der Waals surface area contributed by atoms with Crippen LogP contribution in [0.5, 0.6) is 5.75 Å². The van der Waals surface area contributed by atoms with Gasteiger partial charge in [0.05, 0.1) is 12.2 Å². The van der Waals surface area contributed by atoms with E-state index in [1.165, 1.54) is 12.1 Å². The third-order valence-electron chi connectivity index (χ3n) is 2.93. The molecule has 106 valence electrons. The van der Waals surface area contributed by atoms with E-state index in [1.807, 2.05) is 30.3 Å². The van der Waals surface area contributed by atoms with Crippen molar-refractivity contribution in [2.24, 2.45) is 0 Å². The molecule has 2 rings (SSSR count). The quantitative estimate of drug-likeness (QED) is 0.720. The standard InChI is InChI=1S/C16H15F3O/c17-16(18,19)15-11-5-4-7-13(15)8-6-12-20-14-9-2-1-3-10-14/h1-5,7,9-11H,6,8,12H2. The van der Waals surface area contributed by atoms with Crippen molar-refractivity contribution in [3.63, 3.8) is 0 Å². The Balaban J connectivity index is 1.89. The largest absolute Gasteiger partial charge is 0.494 e. The summed E-state index contributed by atoms with van der Waals surface area (Å²) in [7, 11) is 0. The summed E-state index contributed by atoms with van der Waals surface area (Å²) >= 11 is 0. The lowest BCUT2D eigenvalue weighted by atomic mass is 10.0. The van der Waals surface area contributed by atoms with E-state index >= 15 is 0 Å². The predicted octanol–water partition coefficient (Wildman–Crippen LogP) is 4.72. The van der Waals surface area contributed by atoms with Gasteiger partial charge in [0.1, 0.15) is 5.75 Å². The maximum atomic E-state index is 12.8. The molecule has 0 aliphatic carbocycles. The molecule has 0 amide bonds. The number of rotatable bonds is 5. The molecule has 0 unspecified atom stereocenters. The lowest BCUT2D eigenvalue weighted by Crippen LogP contribution is -2.10. The van der Waals surface area contributed by atoms with Gasteiger partial charge in [0.2, 0.25) is 0 Å². The lowest BCUT2D eigenvalue weighted by Gasteiger charge is -2.12. The molecule has 0 aliphatic rings. The van der Waals surface area contributed by atoms with Crippen LogP contribution in [0.4, 0.5) is 13.2 Å². The molecule has 0 heterocycles. The molecule has 0 spiro atoms. The van der Waals surface area contributed by atoms with Crippen molar-refractivity contribution < 1.29 is 17.9 Å². The lowest BCUT2D eigenvalue weighted by molar-refractivity contribution is -0.138. The van der Waals surface area contributed by atoms with Gasteiger partial charge in [0.25, 0.3) is 0 Å². The second-order valence-electron chi connectivity index (χ2n) is 4.42. The minimum absolute atomic E-state index is 0.316. The molecule has 1 nitrogen and oxygen atoms in total. The summed E-state index contributed by atoms with van der Waals surface area (Å²) in [6.45, 7) is 0.399. The van der Waals surface area contributed by atoms with Gasteiger partial charge in [-0.25, -0.2) is 0 Å². The fourth-order valence-corrected chi connectivity index (χ4v) is 1.98. The molecule has 4 heteroatoms. The van der Waals surface area contributed by atoms with Crippen LogP contribution in [0.3, 0.4) is 0 Å². The molecule has 0 N–H and O–H groups in total. The average Bonchev–Trinajstić information content (AvgIpc) is 2.44. The van der Waals surface area contributed by atoms with Crippen molar-refractivity contribution in [1.82, 2.24) is 0 Å². The first-order valence-electron chi connectivity index (χ1n) is 6.40. The SMILES string of the molecule is FC(F)(F)c1ccccc1CCCOc1ccccc1. The zero-order valence-electron chi connectivity index (χ0n) is 10.9. The highest BCUT2D eigenvalue weighted by atomic mass is 19.4. The van der Waals surface area contributed by atoms with Gasteiger partial charge in [-0.15, -0.1) is 0 Å². The first-order valence-corrected chi connectivity index (χ1v) is 6.40. The van der Waals surface area contributed by atoms with Gasteiger partial charge in [0.15, 0.2) is 0 Å². The molecular formula is C16H15F3O. The van der Waals surface area contributed by atoms with Crippen molar-refractivity contribution in [3.8, 4) is 5.75 Å². The Morgan fingerprint density at radius 3 is 2.20 bits per heavy atom. The molecule has 0 radical (unpaired) electrons. The van der Waals surface area contributed by atoms with Gasteiger partial charge >= 0.3 is 6.18 Å². The number of aryl methyl sites for hydroxylation is 1. The number of ether oxygens (including phenoxy) is 1. The summed E-state index contributed by atoms with van der Waals surface area (Å²) in [5.74, 6) is 0.733. The highest BCUT2D eigenvalue weighted by molar-refractivity contribution is 5.29. The molecule has 0 saturated heterocycles. The summed E-state index contributed by atoms with van der Waals surface area (Å²) in [6.07, 6.45) is -3.40. The van der Waals surface area contributed by atoms with Crippen LogP contribution in [0.15, 0.2) is 54.6 Å². The van der Waals surface area contributed by atoms with Gasteiger partial charge in [-0.2, -0.15) is 13.2 Å². The Morgan fingerprint density at radius 1 is 0.850 bits per heavy atom. The Labute approximate surface area is 116 Å². The van der Waals surface area contributed by atoms with Crippen LogP contribution in [0.25, 0.3) is 0 Å². The predicted molar refractivity (Wildman–Crippen MR) is 71.7 cm³/mol. The van der Waals surface area contributed by atoms with Crippen LogP contribution >= 0.6 is 0 Å². The summed E-state index contributed by atoms with van der Waals surface area (Å²) in [4.78, 5) is 0. The molecule has 20 heavy (non-hydrogen) atoms. The number of para-hydroxylation sites is 1. The van der Waals surface area contributed by atoms with Crippen molar-refractivity contribution in [2.75, 3.05) is 6.61 Å². The minimum atomic E-state index is -4.29. The number of halogens is 3. The fourth-order valence-electron chi connectivity index (χ4n) is 1.98. The maximum absolute atomic E-state index is 12.8. The van der Waals surface area contributed by atoms with Crippen LogP contribution in [-0.4, -0.2) is 6.61 Å². The average molecular weight is 280 g/mol. The molecule has 0 aliphatic heterocycles. The van der Waals surface area contributed by atoms with Gasteiger partial charge < -0.3 is 4.74 Å².